The first-order chi connectivity index (χ1) is 5.86. The minimum absolute atomic E-state index is 0.101. The summed E-state index contributed by atoms with van der Waals surface area (Å²) in [5.41, 5.74) is 0. The molecule has 1 saturated heterocycles. The van der Waals surface area contributed by atoms with Crippen molar-refractivity contribution in [2.75, 3.05) is 13.1 Å². The molecule has 3 nitrogen and oxygen atoms in total. The Labute approximate surface area is 72.9 Å². The highest BCUT2D eigenvalue weighted by Crippen LogP contribution is 2.27. The van der Waals surface area contributed by atoms with E-state index in [0.29, 0.717) is 0 Å². The van der Waals surface area contributed by atoms with Crippen LogP contribution in [0.1, 0.15) is 25.7 Å². The number of amides is 1. The average Bonchev–Trinajstić information content (AvgIpc) is 2.74. The van der Waals surface area contributed by atoms with Crippen LogP contribution in [0.4, 0.5) is 0 Å². The van der Waals surface area contributed by atoms with Crippen LogP contribution in [0.2, 0.25) is 0 Å². The van der Waals surface area contributed by atoms with Gasteiger partial charge >= 0.3 is 0 Å². The topological polar surface area (TPSA) is 41.1 Å². The normalized spacial score (nSPS) is 28.8. The van der Waals surface area contributed by atoms with E-state index in [0.717, 1.165) is 31.8 Å². The Hall–Kier alpha value is -0.570. The van der Waals surface area contributed by atoms with Gasteiger partial charge in [0.25, 0.3) is 0 Å². The molecule has 1 amide bonds. The number of hydrogen-bond acceptors (Lipinski definition) is 2. The summed E-state index contributed by atoms with van der Waals surface area (Å²) in [6.45, 7) is 1.90. The Morgan fingerprint density at radius 3 is 2.83 bits per heavy atom. The molecule has 0 spiro atoms. The maximum Gasteiger partial charge on any atom is 0.237 e. The van der Waals surface area contributed by atoms with Crippen LogP contribution in [0.3, 0.4) is 0 Å². The minimum atomic E-state index is 0.101. The predicted octanol–water partition coefficient (Wildman–Crippen LogP) is 0.265. The first-order valence-electron chi connectivity index (χ1n) is 4.87. The van der Waals surface area contributed by atoms with Gasteiger partial charge in [0.15, 0.2) is 0 Å². The molecule has 2 aliphatic rings. The van der Waals surface area contributed by atoms with Crippen LogP contribution in [0.25, 0.3) is 0 Å². The highest BCUT2D eigenvalue weighted by Gasteiger charge is 2.25. The van der Waals surface area contributed by atoms with Crippen LogP contribution in [0.15, 0.2) is 0 Å². The van der Waals surface area contributed by atoms with E-state index in [9.17, 15) is 4.79 Å². The fraction of sp³-hybridized carbons (Fsp3) is 0.889. The van der Waals surface area contributed by atoms with Crippen molar-refractivity contribution >= 4 is 5.91 Å². The number of carbonyl (C=O) groups is 1. The highest BCUT2D eigenvalue weighted by molar-refractivity contribution is 5.81. The summed E-state index contributed by atoms with van der Waals surface area (Å²) in [6, 6.07) is 0.101. The summed E-state index contributed by atoms with van der Waals surface area (Å²) in [6.07, 6.45) is 4.76. The Bertz CT molecular complexity index is 171. The lowest BCUT2D eigenvalue weighted by Crippen LogP contribution is -2.41. The maximum absolute atomic E-state index is 11.4. The van der Waals surface area contributed by atoms with E-state index in [1.54, 1.807) is 0 Å². The van der Waals surface area contributed by atoms with E-state index in [2.05, 4.69) is 10.6 Å². The third kappa shape index (κ3) is 1.97. The lowest BCUT2D eigenvalue weighted by atomic mass is 10.2. The third-order valence-corrected chi connectivity index (χ3v) is 2.64. The second kappa shape index (κ2) is 3.44. The SMILES string of the molecule is O=C(NCC1CC1)[C@H]1CCCN1. The van der Waals surface area contributed by atoms with Crippen molar-refractivity contribution in [2.24, 2.45) is 5.92 Å². The predicted molar refractivity (Wildman–Crippen MR) is 46.8 cm³/mol. The largest absolute Gasteiger partial charge is 0.354 e. The second-order valence-corrected chi connectivity index (χ2v) is 3.84. The molecule has 0 unspecified atom stereocenters. The van der Waals surface area contributed by atoms with E-state index >= 15 is 0 Å². The average molecular weight is 168 g/mol. The summed E-state index contributed by atoms with van der Waals surface area (Å²) in [5, 5.41) is 6.17. The van der Waals surface area contributed by atoms with Gasteiger partial charge < -0.3 is 10.6 Å². The van der Waals surface area contributed by atoms with Gasteiger partial charge in [-0.2, -0.15) is 0 Å². The molecule has 1 saturated carbocycles. The van der Waals surface area contributed by atoms with Crippen LogP contribution in [0, 0.1) is 5.92 Å². The van der Waals surface area contributed by atoms with E-state index in [-0.39, 0.29) is 11.9 Å². The van der Waals surface area contributed by atoms with Crippen molar-refractivity contribution in [3.05, 3.63) is 0 Å². The summed E-state index contributed by atoms with van der Waals surface area (Å²) in [4.78, 5) is 11.4. The smallest absolute Gasteiger partial charge is 0.237 e. The van der Waals surface area contributed by atoms with E-state index in [1.807, 2.05) is 0 Å². The monoisotopic (exact) mass is 168 g/mol. The molecule has 0 radical (unpaired) electrons. The van der Waals surface area contributed by atoms with Crippen molar-refractivity contribution in [1.82, 2.24) is 10.6 Å². The van der Waals surface area contributed by atoms with Crippen molar-refractivity contribution < 1.29 is 4.79 Å². The van der Waals surface area contributed by atoms with Crippen LogP contribution in [-0.2, 0) is 4.79 Å². The third-order valence-electron chi connectivity index (χ3n) is 2.64. The van der Waals surface area contributed by atoms with Crippen LogP contribution in [-0.4, -0.2) is 25.0 Å². The number of carbonyl (C=O) groups excluding carboxylic acids is 1. The molecular formula is C9H16N2O. The van der Waals surface area contributed by atoms with Gasteiger partial charge in [0.2, 0.25) is 5.91 Å². The number of nitrogens with one attached hydrogen (secondary N) is 2. The molecule has 1 heterocycles. The maximum atomic E-state index is 11.4. The van der Waals surface area contributed by atoms with Crippen molar-refractivity contribution in [1.29, 1.82) is 0 Å². The van der Waals surface area contributed by atoms with Gasteiger partial charge in [-0.3, -0.25) is 4.79 Å². The Morgan fingerprint density at radius 2 is 2.25 bits per heavy atom. The van der Waals surface area contributed by atoms with Gasteiger partial charge in [-0.25, -0.2) is 0 Å². The lowest BCUT2D eigenvalue weighted by molar-refractivity contribution is -0.122. The fourth-order valence-corrected chi connectivity index (χ4v) is 1.60. The van der Waals surface area contributed by atoms with Crippen LogP contribution >= 0.6 is 0 Å². The van der Waals surface area contributed by atoms with E-state index in [4.69, 9.17) is 0 Å². The zero-order chi connectivity index (χ0) is 8.39. The Morgan fingerprint density at radius 1 is 1.42 bits per heavy atom. The molecule has 12 heavy (non-hydrogen) atoms. The summed E-state index contributed by atoms with van der Waals surface area (Å²) < 4.78 is 0. The van der Waals surface area contributed by atoms with E-state index in [1.165, 1.54) is 12.8 Å². The lowest BCUT2D eigenvalue weighted by Gasteiger charge is -2.09. The molecule has 3 heteroatoms. The molecule has 0 aromatic heterocycles. The van der Waals surface area contributed by atoms with Crippen molar-refractivity contribution in [3.8, 4) is 0 Å². The standard InChI is InChI=1S/C9H16N2O/c12-9(8-2-1-5-10-8)11-6-7-3-4-7/h7-8,10H,1-6H2,(H,11,12)/t8-/m1/s1. The summed E-state index contributed by atoms with van der Waals surface area (Å²) in [7, 11) is 0. The van der Waals surface area contributed by atoms with Gasteiger partial charge in [-0.1, -0.05) is 0 Å². The summed E-state index contributed by atoms with van der Waals surface area (Å²) >= 11 is 0. The molecule has 2 fully saturated rings. The second-order valence-electron chi connectivity index (χ2n) is 3.84. The summed E-state index contributed by atoms with van der Waals surface area (Å²) in [5.74, 6) is 0.995. The minimum Gasteiger partial charge on any atom is -0.354 e. The molecule has 0 bridgehead atoms. The van der Waals surface area contributed by atoms with Gasteiger partial charge in [0.1, 0.15) is 0 Å². The molecule has 1 atom stereocenters. The highest BCUT2D eigenvalue weighted by atomic mass is 16.2. The van der Waals surface area contributed by atoms with Gasteiger partial charge in [-0.05, 0) is 38.1 Å². The molecular weight excluding hydrogens is 152 g/mol. The van der Waals surface area contributed by atoms with E-state index < -0.39 is 0 Å². The Kier molecular flexibility index (Phi) is 2.30. The van der Waals surface area contributed by atoms with Crippen LogP contribution in [0.5, 0.6) is 0 Å². The van der Waals surface area contributed by atoms with Crippen LogP contribution < -0.4 is 10.6 Å². The molecule has 2 rings (SSSR count). The zero-order valence-electron chi connectivity index (χ0n) is 7.31. The molecule has 2 N–H and O–H groups in total. The first kappa shape index (κ1) is 8.05. The van der Waals surface area contributed by atoms with Gasteiger partial charge in [0, 0.05) is 6.54 Å². The van der Waals surface area contributed by atoms with Gasteiger partial charge in [0.05, 0.1) is 6.04 Å². The molecule has 1 aliphatic carbocycles. The number of hydrogen-bond donors (Lipinski definition) is 2. The molecule has 0 aromatic rings. The van der Waals surface area contributed by atoms with Crippen molar-refractivity contribution in [2.45, 2.75) is 31.7 Å². The quantitative estimate of drug-likeness (QED) is 0.635. The fourth-order valence-electron chi connectivity index (χ4n) is 1.60. The van der Waals surface area contributed by atoms with Crippen molar-refractivity contribution in [3.63, 3.8) is 0 Å². The Balaban J connectivity index is 1.67. The molecule has 68 valence electrons. The number of rotatable bonds is 3. The molecule has 1 aliphatic heterocycles. The zero-order valence-corrected chi connectivity index (χ0v) is 7.31. The van der Waals surface area contributed by atoms with Gasteiger partial charge in [-0.15, -0.1) is 0 Å². The molecule has 0 aromatic carbocycles. The first-order valence-corrected chi connectivity index (χ1v) is 4.87.